The predicted octanol–water partition coefficient (Wildman–Crippen LogP) is 4.81. The molecule has 1 unspecified atom stereocenters. The molecule has 5 nitrogen and oxygen atoms in total. The van der Waals surface area contributed by atoms with E-state index in [1.807, 2.05) is 24.3 Å². The molecule has 0 aromatic heterocycles. The number of carbonyl (C=O) groups excluding carboxylic acids is 2. The van der Waals surface area contributed by atoms with Crippen molar-refractivity contribution in [3.05, 3.63) is 74.2 Å². The number of hydrogen-bond donors (Lipinski definition) is 2. The van der Waals surface area contributed by atoms with Crippen LogP contribution in [0.4, 0.5) is 5.69 Å². The molecular weight excluding hydrogens is 462 g/mol. The topological polar surface area (TPSA) is 82.0 Å². The van der Waals surface area contributed by atoms with Crippen molar-refractivity contribution in [2.45, 2.75) is 12.3 Å². The Labute approximate surface area is 180 Å². The highest BCUT2D eigenvalue weighted by atomic mass is 79.9. The first kappa shape index (κ1) is 20.5. The first-order valence-electron chi connectivity index (χ1n) is 8.34. The van der Waals surface area contributed by atoms with Gasteiger partial charge in [-0.25, -0.2) is 0 Å². The minimum Gasteiger partial charge on any atom is -0.325 e. The number of benzene rings is 2. The maximum absolute atomic E-state index is 12.2. The van der Waals surface area contributed by atoms with Gasteiger partial charge in [0.15, 0.2) is 0 Å². The number of allylic oxidation sites excluding steroid dienone is 1. The van der Waals surface area contributed by atoms with Gasteiger partial charge in [0.05, 0.1) is 22.4 Å². The van der Waals surface area contributed by atoms with E-state index in [-0.39, 0.29) is 29.9 Å². The zero-order valence-corrected chi connectivity index (χ0v) is 17.7. The quantitative estimate of drug-likeness (QED) is 0.648. The van der Waals surface area contributed by atoms with Crippen LogP contribution in [0.15, 0.2) is 63.6 Å². The SMILES string of the molecule is N#CC1=C(SCC(=O)Nc2ccc(Br)cc2)NC(=O)CC1c1ccc(Cl)cc1. The van der Waals surface area contributed by atoms with Crippen LogP contribution in [0.25, 0.3) is 0 Å². The number of nitriles is 1. The van der Waals surface area contributed by atoms with Crippen molar-refractivity contribution in [3.8, 4) is 6.07 Å². The summed E-state index contributed by atoms with van der Waals surface area (Å²) in [6, 6.07) is 16.5. The number of nitrogens with zero attached hydrogens (tertiary/aromatic N) is 1. The molecule has 1 atom stereocenters. The Balaban J connectivity index is 1.73. The van der Waals surface area contributed by atoms with Crippen LogP contribution in [0.1, 0.15) is 17.9 Å². The summed E-state index contributed by atoms with van der Waals surface area (Å²) in [6.07, 6.45) is 0.180. The molecule has 0 saturated heterocycles. The third-order valence-electron chi connectivity index (χ3n) is 4.10. The summed E-state index contributed by atoms with van der Waals surface area (Å²) < 4.78 is 0.918. The van der Waals surface area contributed by atoms with Gasteiger partial charge in [0, 0.05) is 27.5 Å². The molecule has 1 aliphatic heterocycles. The van der Waals surface area contributed by atoms with Gasteiger partial charge >= 0.3 is 0 Å². The van der Waals surface area contributed by atoms with Crippen LogP contribution in [-0.2, 0) is 9.59 Å². The van der Waals surface area contributed by atoms with Gasteiger partial charge in [-0.05, 0) is 42.0 Å². The standard InChI is InChI=1S/C20H15BrClN3O2S/c21-13-3-7-15(8-4-13)24-19(27)11-28-20-17(10-23)16(9-18(26)25-20)12-1-5-14(22)6-2-12/h1-8,16H,9,11H2,(H,24,27)(H,25,26). The van der Waals surface area contributed by atoms with Crippen LogP contribution in [0.2, 0.25) is 5.02 Å². The molecule has 3 rings (SSSR count). The van der Waals surface area contributed by atoms with Crippen molar-refractivity contribution in [1.29, 1.82) is 5.26 Å². The minimum absolute atomic E-state index is 0.0736. The smallest absolute Gasteiger partial charge is 0.234 e. The van der Waals surface area contributed by atoms with E-state index >= 15 is 0 Å². The number of halogens is 2. The average Bonchev–Trinajstić information content (AvgIpc) is 2.68. The van der Waals surface area contributed by atoms with Crippen LogP contribution in [0.3, 0.4) is 0 Å². The lowest BCUT2D eigenvalue weighted by atomic mass is 9.87. The van der Waals surface area contributed by atoms with E-state index in [9.17, 15) is 14.9 Å². The fraction of sp³-hybridized carbons (Fsp3) is 0.150. The molecule has 2 aromatic rings. The molecule has 1 aliphatic rings. The molecule has 2 aromatic carbocycles. The maximum Gasteiger partial charge on any atom is 0.234 e. The highest BCUT2D eigenvalue weighted by Gasteiger charge is 2.29. The Morgan fingerprint density at radius 1 is 1.25 bits per heavy atom. The van der Waals surface area contributed by atoms with Crippen molar-refractivity contribution >= 4 is 56.8 Å². The van der Waals surface area contributed by atoms with Gasteiger partial charge in [-0.15, -0.1) is 0 Å². The molecule has 0 bridgehead atoms. The molecular formula is C20H15BrClN3O2S. The fourth-order valence-electron chi connectivity index (χ4n) is 2.78. The number of anilines is 1. The number of thioether (sulfide) groups is 1. The van der Waals surface area contributed by atoms with E-state index in [0.29, 0.717) is 21.3 Å². The van der Waals surface area contributed by atoms with E-state index in [1.165, 1.54) is 0 Å². The molecule has 142 valence electrons. The van der Waals surface area contributed by atoms with Gasteiger partial charge in [-0.1, -0.05) is 51.4 Å². The number of nitrogens with one attached hydrogen (secondary N) is 2. The van der Waals surface area contributed by atoms with Gasteiger partial charge in [0.25, 0.3) is 0 Å². The lowest BCUT2D eigenvalue weighted by molar-refractivity contribution is -0.121. The van der Waals surface area contributed by atoms with E-state index in [4.69, 9.17) is 11.6 Å². The van der Waals surface area contributed by atoms with Crippen molar-refractivity contribution in [2.75, 3.05) is 11.1 Å². The summed E-state index contributed by atoms with van der Waals surface area (Å²) in [7, 11) is 0. The van der Waals surface area contributed by atoms with Crippen LogP contribution < -0.4 is 10.6 Å². The molecule has 0 spiro atoms. The Hall–Kier alpha value is -2.27. The van der Waals surface area contributed by atoms with E-state index < -0.39 is 0 Å². The normalized spacial score (nSPS) is 16.3. The third-order valence-corrected chi connectivity index (χ3v) is 5.90. The Morgan fingerprint density at radius 3 is 2.57 bits per heavy atom. The van der Waals surface area contributed by atoms with Crippen LogP contribution >= 0.6 is 39.3 Å². The summed E-state index contributed by atoms with van der Waals surface area (Å²) in [6.45, 7) is 0. The highest BCUT2D eigenvalue weighted by Crippen LogP contribution is 2.36. The van der Waals surface area contributed by atoms with E-state index in [0.717, 1.165) is 21.8 Å². The van der Waals surface area contributed by atoms with Gasteiger partial charge < -0.3 is 10.6 Å². The van der Waals surface area contributed by atoms with Crippen LogP contribution in [0, 0.1) is 11.3 Å². The summed E-state index contributed by atoms with van der Waals surface area (Å²) in [5.41, 5.74) is 1.96. The zero-order valence-electron chi connectivity index (χ0n) is 14.5. The first-order chi connectivity index (χ1) is 13.5. The lowest BCUT2D eigenvalue weighted by Gasteiger charge is -2.25. The van der Waals surface area contributed by atoms with E-state index in [1.54, 1.807) is 24.3 Å². The first-order valence-corrected chi connectivity index (χ1v) is 10.5. The number of hydrogen-bond acceptors (Lipinski definition) is 4. The Bertz CT molecular complexity index is 968. The second-order valence-electron chi connectivity index (χ2n) is 6.05. The Morgan fingerprint density at radius 2 is 1.93 bits per heavy atom. The molecule has 8 heteroatoms. The Kier molecular flexibility index (Phi) is 6.79. The average molecular weight is 477 g/mol. The van der Waals surface area contributed by atoms with E-state index in [2.05, 4.69) is 32.6 Å². The number of amides is 2. The molecule has 0 saturated carbocycles. The molecule has 0 aliphatic carbocycles. The van der Waals surface area contributed by atoms with Crippen molar-refractivity contribution in [1.82, 2.24) is 5.32 Å². The molecule has 2 N–H and O–H groups in total. The molecule has 1 heterocycles. The highest BCUT2D eigenvalue weighted by molar-refractivity contribution is 9.10. The maximum atomic E-state index is 12.2. The third kappa shape index (κ3) is 5.16. The van der Waals surface area contributed by atoms with Crippen molar-refractivity contribution in [2.24, 2.45) is 0 Å². The monoisotopic (exact) mass is 475 g/mol. The van der Waals surface area contributed by atoms with Crippen molar-refractivity contribution in [3.63, 3.8) is 0 Å². The summed E-state index contributed by atoms with van der Waals surface area (Å²) >= 11 is 10.4. The minimum atomic E-state index is -0.354. The fourth-order valence-corrected chi connectivity index (χ4v) is 4.05. The second-order valence-corrected chi connectivity index (χ2v) is 8.39. The molecule has 28 heavy (non-hydrogen) atoms. The van der Waals surface area contributed by atoms with Gasteiger partial charge in [0.1, 0.15) is 0 Å². The number of rotatable bonds is 5. The largest absolute Gasteiger partial charge is 0.325 e. The summed E-state index contributed by atoms with van der Waals surface area (Å²) in [5, 5.41) is 16.2. The molecule has 0 radical (unpaired) electrons. The van der Waals surface area contributed by atoms with Gasteiger partial charge in [-0.3, -0.25) is 9.59 Å². The lowest BCUT2D eigenvalue weighted by Crippen LogP contribution is -2.31. The second kappa shape index (κ2) is 9.28. The molecule has 2 amide bonds. The van der Waals surface area contributed by atoms with Crippen molar-refractivity contribution < 1.29 is 9.59 Å². The predicted molar refractivity (Wildman–Crippen MR) is 115 cm³/mol. The van der Waals surface area contributed by atoms with Crippen LogP contribution in [0.5, 0.6) is 0 Å². The van der Waals surface area contributed by atoms with Gasteiger partial charge in [-0.2, -0.15) is 5.26 Å². The zero-order chi connectivity index (χ0) is 20.1. The summed E-state index contributed by atoms with van der Waals surface area (Å²) in [5.74, 6) is -0.688. The summed E-state index contributed by atoms with van der Waals surface area (Å²) in [4.78, 5) is 24.4. The van der Waals surface area contributed by atoms with Gasteiger partial charge in [0.2, 0.25) is 11.8 Å². The van der Waals surface area contributed by atoms with Crippen LogP contribution in [-0.4, -0.2) is 17.6 Å². The number of carbonyl (C=O) groups is 2. The molecule has 0 fully saturated rings.